The highest BCUT2D eigenvalue weighted by atomic mass is 35.5. The maximum absolute atomic E-state index is 12.8. The molecule has 1 fully saturated rings. The molecular formula is C14H20Cl2N2O2S. The summed E-state index contributed by atoms with van der Waals surface area (Å²) >= 11 is 11.9. The summed E-state index contributed by atoms with van der Waals surface area (Å²) in [6, 6.07) is 3.24. The van der Waals surface area contributed by atoms with E-state index in [9.17, 15) is 8.42 Å². The van der Waals surface area contributed by atoms with Crippen LogP contribution in [0.3, 0.4) is 0 Å². The van der Waals surface area contributed by atoms with Crippen LogP contribution in [0.25, 0.3) is 0 Å². The summed E-state index contributed by atoms with van der Waals surface area (Å²) in [4.78, 5) is 2.51. The predicted octanol–water partition coefficient (Wildman–Crippen LogP) is 2.71. The molecule has 0 aliphatic carbocycles. The van der Waals surface area contributed by atoms with Crippen molar-refractivity contribution in [3.05, 3.63) is 28.3 Å². The van der Waals surface area contributed by atoms with Crippen LogP contribution >= 0.6 is 23.2 Å². The lowest BCUT2D eigenvalue weighted by molar-refractivity contribution is 0.196. The lowest BCUT2D eigenvalue weighted by atomic mass is 10.1. The fourth-order valence-electron chi connectivity index (χ4n) is 2.54. The number of halogens is 2. The van der Waals surface area contributed by atoms with Gasteiger partial charge in [0.2, 0.25) is 10.0 Å². The van der Waals surface area contributed by atoms with E-state index in [-0.39, 0.29) is 10.8 Å². The van der Waals surface area contributed by atoms with Crippen LogP contribution in [-0.2, 0) is 15.9 Å². The van der Waals surface area contributed by atoms with Crippen molar-refractivity contribution < 1.29 is 8.42 Å². The van der Waals surface area contributed by atoms with Gasteiger partial charge in [0.15, 0.2) is 0 Å². The first kappa shape index (κ1) is 17.0. The second-order valence-corrected chi connectivity index (χ2v) is 7.77. The van der Waals surface area contributed by atoms with Crippen molar-refractivity contribution in [1.82, 2.24) is 9.21 Å². The highest BCUT2D eigenvalue weighted by Gasteiger charge is 2.30. The number of sulfonamides is 1. The van der Waals surface area contributed by atoms with E-state index in [2.05, 4.69) is 11.8 Å². The van der Waals surface area contributed by atoms with Crippen molar-refractivity contribution >= 4 is 33.2 Å². The Balaban J connectivity index is 2.34. The van der Waals surface area contributed by atoms with Crippen molar-refractivity contribution in [2.45, 2.75) is 24.6 Å². The lowest BCUT2D eigenvalue weighted by Gasteiger charge is -2.33. The van der Waals surface area contributed by atoms with Crippen molar-refractivity contribution in [2.24, 2.45) is 0 Å². The first-order valence-electron chi connectivity index (χ1n) is 6.97. The fourth-order valence-corrected chi connectivity index (χ4v) is 4.84. The van der Waals surface area contributed by atoms with Gasteiger partial charge in [0.05, 0.1) is 4.90 Å². The first-order valence-corrected chi connectivity index (χ1v) is 9.33. The summed E-state index contributed by atoms with van der Waals surface area (Å²) in [5, 5.41) is 0.405. The molecular weight excluding hydrogens is 331 g/mol. The fraction of sp³-hybridized carbons (Fsp3) is 0.571. The molecule has 1 heterocycles. The number of alkyl halides is 1. The van der Waals surface area contributed by atoms with Crippen molar-refractivity contribution in [3.63, 3.8) is 0 Å². The molecule has 0 unspecified atom stereocenters. The molecule has 118 valence electrons. The van der Waals surface area contributed by atoms with Crippen molar-refractivity contribution in [1.29, 1.82) is 0 Å². The Hall–Kier alpha value is -0.330. The molecule has 1 aromatic rings. The zero-order valence-corrected chi connectivity index (χ0v) is 14.6. The van der Waals surface area contributed by atoms with Gasteiger partial charge < -0.3 is 4.90 Å². The number of rotatable bonds is 4. The first-order chi connectivity index (χ1) is 9.90. The molecule has 1 saturated heterocycles. The van der Waals surface area contributed by atoms with Gasteiger partial charge in [-0.3, -0.25) is 0 Å². The summed E-state index contributed by atoms with van der Waals surface area (Å²) in [5.74, 6) is 0.249. The Morgan fingerprint density at radius 2 is 1.81 bits per heavy atom. The standard InChI is InChI=1S/C14H20Cl2N2O2S/c1-3-17-4-6-18(7-5-17)21(19,20)14-9-13(16)8-12(10-15)11(14)2/h8-9H,3-7,10H2,1-2H3. The van der Waals surface area contributed by atoms with E-state index in [1.54, 1.807) is 13.0 Å². The number of likely N-dealkylation sites (N-methyl/N-ethyl adjacent to an activating group) is 1. The number of piperazine rings is 1. The number of nitrogens with zero attached hydrogens (tertiary/aromatic N) is 2. The van der Waals surface area contributed by atoms with Crippen LogP contribution in [0.1, 0.15) is 18.1 Å². The zero-order valence-electron chi connectivity index (χ0n) is 12.3. The summed E-state index contributed by atoms with van der Waals surface area (Å²) in [6.07, 6.45) is 0. The molecule has 0 saturated carbocycles. The minimum absolute atomic E-state index is 0.249. The Kier molecular flexibility index (Phi) is 5.54. The average molecular weight is 351 g/mol. The third kappa shape index (κ3) is 3.54. The van der Waals surface area contributed by atoms with Crippen LogP contribution in [0.5, 0.6) is 0 Å². The molecule has 0 N–H and O–H groups in total. The van der Waals surface area contributed by atoms with Gasteiger partial charge in [0.1, 0.15) is 0 Å². The molecule has 2 rings (SSSR count). The van der Waals surface area contributed by atoms with Crippen molar-refractivity contribution in [2.75, 3.05) is 32.7 Å². The molecule has 7 heteroatoms. The van der Waals surface area contributed by atoms with E-state index < -0.39 is 10.0 Å². The van der Waals surface area contributed by atoms with Crippen LogP contribution in [0.15, 0.2) is 17.0 Å². The van der Waals surface area contributed by atoms with Crippen LogP contribution in [0, 0.1) is 6.92 Å². The molecule has 0 aromatic heterocycles. The van der Waals surface area contributed by atoms with E-state index in [0.29, 0.717) is 23.7 Å². The molecule has 21 heavy (non-hydrogen) atoms. The van der Waals surface area contributed by atoms with Gasteiger partial charge in [-0.2, -0.15) is 4.31 Å². The average Bonchev–Trinajstić information content (AvgIpc) is 2.49. The van der Waals surface area contributed by atoms with E-state index in [1.165, 1.54) is 10.4 Å². The summed E-state index contributed by atoms with van der Waals surface area (Å²) in [5.41, 5.74) is 1.45. The Labute approximate surface area is 136 Å². The third-order valence-electron chi connectivity index (χ3n) is 3.97. The van der Waals surface area contributed by atoms with Gasteiger partial charge in [-0.05, 0) is 36.7 Å². The Bertz CT molecular complexity index is 612. The molecule has 0 spiro atoms. The highest BCUT2D eigenvalue weighted by Crippen LogP contribution is 2.28. The number of hydrogen-bond donors (Lipinski definition) is 0. The van der Waals surface area contributed by atoms with Crippen LogP contribution in [0.4, 0.5) is 0 Å². The van der Waals surface area contributed by atoms with Gasteiger partial charge in [-0.25, -0.2) is 8.42 Å². The summed E-state index contributed by atoms with van der Waals surface area (Å²) < 4.78 is 27.2. The molecule has 0 radical (unpaired) electrons. The molecule has 1 aliphatic heterocycles. The quantitative estimate of drug-likeness (QED) is 0.784. The van der Waals surface area contributed by atoms with Gasteiger partial charge in [-0.15, -0.1) is 11.6 Å². The second-order valence-electron chi connectivity index (χ2n) is 5.16. The molecule has 0 amide bonds. The van der Waals surface area contributed by atoms with Crippen LogP contribution in [-0.4, -0.2) is 50.3 Å². The van der Waals surface area contributed by atoms with Gasteiger partial charge >= 0.3 is 0 Å². The zero-order chi connectivity index (χ0) is 15.6. The number of hydrogen-bond acceptors (Lipinski definition) is 3. The maximum atomic E-state index is 12.8. The lowest BCUT2D eigenvalue weighted by Crippen LogP contribution is -2.48. The normalized spacial score (nSPS) is 18.1. The van der Waals surface area contributed by atoms with Gasteiger partial charge in [-0.1, -0.05) is 18.5 Å². The topological polar surface area (TPSA) is 40.6 Å². The molecule has 0 atom stereocenters. The number of benzene rings is 1. The predicted molar refractivity (Wildman–Crippen MR) is 86.6 cm³/mol. The third-order valence-corrected chi connectivity index (χ3v) is 6.50. The van der Waals surface area contributed by atoms with Crippen molar-refractivity contribution in [3.8, 4) is 0 Å². The molecule has 0 bridgehead atoms. The van der Waals surface area contributed by atoms with Gasteiger partial charge in [0, 0.05) is 37.1 Å². The SMILES string of the molecule is CCN1CCN(S(=O)(=O)c2cc(Cl)cc(CCl)c2C)CC1. The molecule has 1 aliphatic rings. The minimum Gasteiger partial charge on any atom is -0.301 e. The smallest absolute Gasteiger partial charge is 0.243 e. The summed E-state index contributed by atoms with van der Waals surface area (Å²) in [6.45, 7) is 7.35. The van der Waals surface area contributed by atoms with E-state index in [0.717, 1.165) is 25.2 Å². The minimum atomic E-state index is -3.52. The van der Waals surface area contributed by atoms with E-state index in [4.69, 9.17) is 23.2 Å². The van der Waals surface area contributed by atoms with E-state index in [1.807, 2.05) is 0 Å². The largest absolute Gasteiger partial charge is 0.301 e. The summed E-state index contributed by atoms with van der Waals surface area (Å²) in [7, 11) is -3.52. The molecule has 4 nitrogen and oxygen atoms in total. The van der Waals surface area contributed by atoms with Crippen LogP contribution < -0.4 is 0 Å². The maximum Gasteiger partial charge on any atom is 0.243 e. The Morgan fingerprint density at radius 1 is 1.19 bits per heavy atom. The van der Waals surface area contributed by atoms with E-state index >= 15 is 0 Å². The van der Waals surface area contributed by atoms with Crippen LogP contribution in [0.2, 0.25) is 5.02 Å². The Morgan fingerprint density at radius 3 is 2.33 bits per heavy atom. The van der Waals surface area contributed by atoms with Gasteiger partial charge in [0.25, 0.3) is 0 Å². The highest BCUT2D eigenvalue weighted by molar-refractivity contribution is 7.89. The second kappa shape index (κ2) is 6.84. The molecule has 1 aromatic carbocycles. The monoisotopic (exact) mass is 350 g/mol.